The van der Waals surface area contributed by atoms with E-state index in [1.165, 1.54) is 0 Å². The van der Waals surface area contributed by atoms with Gasteiger partial charge in [-0.1, -0.05) is 29.8 Å². The highest BCUT2D eigenvalue weighted by atomic mass is 35.5. The van der Waals surface area contributed by atoms with E-state index >= 15 is 0 Å². The zero-order valence-corrected chi connectivity index (χ0v) is 9.63. The Morgan fingerprint density at radius 2 is 1.65 bits per heavy atom. The number of benzene rings is 2. The smallest absolute Gasteiger partial charge is 0.154 e. The summed E-state index contributed by atoms with van der Waals surface area (Å²) in [6.07, 6.45) is 0. The van der Waals surface area contributed by atoms with Crippen molar-refractivity contribution in [3.05, 3.63) is 64.8 Å². The molecular weight excluding hydrogens is 238 g/mol. The Balaban J connectivity index is 2.08. The fourth-order valence-corrected chi connectivity index (χ4v) is 1.37. The van der Waals surface area contributed by atoms with Crippen LogP contribution in [0.5, 0.6) is 0 Å². The highest BCUT2D eigenvalue weighted by Gasteiger charge is 1.98. The first-order valence-corrected chi connectivity index (χ1v) is 5.38. The minimum atomic E-state index is 0.467. The van der Waals surface area contributed by atoms with Crippen LogP contribution in [0.4, 0.5) is 11.4 Å². The Morgan fingerprint density at radius 1 is 1.00 bits per heavy atom. The highest BCUT2D eigenvalue weighted by molar-refractivity contribution is 6.30. The predicted molar refractivity (Wildman–Crippen MR) is 67.2 cm³/mol. The summed E-state index contributed by atoms with van der Waals surface area (Å²) in [5.74, 6) is 0. The van der Waals surface area contributed by atoms with Crippen LogP contribution in [-0.4, -0.2) is 4.86 Å². The van der Waals surface area contributed by atoms with E-state index in [-0.39, 0.29) is 0 Å². The number of hydrogen-bond donors (Lipinski definition) is 1. The molecule has 0 aliphatic carbocycles. The van der Waals surface area contributed by atoms with E-state index in [9.17, 15) is 5.21 Å². The lowest BCUT2D eigenvalue weighted by Crippen LogP contribution is -1.97. The van der Waals surface area contributed by atoms with E-state index in [1.807, 2.05) is 6.07 Å². The molecule has 5 heteroatoms. The molecule has 2 rings (SSSR count). The second-order valence-corrected chi connectivity index (χ2v) is 3.76. The second kappa shape index (κ2) is 5.32. The normalized spacial score (nSPS) is 11.2. The fraction of sp³-hybridized carbons (Fsp3) is 0. The summed E-state index contributed by atoms with van der Waals surface area (Å²) in [4.78, 5) is 0.522. The summed E-state index contributed by atoms with van der Waals surface area (Å²) < 4.78 is 0. The molecule has 0 aromatic heterocycles. The molecular formula is C12H10ClN3O. The zero-order valence-electron chi connectivity index (χ0n) is 8.88. The molecule has 1 N–H and O–H groups in total. The van der Waals surface area contributed by atoms with E-state index in [4.69, 9.17) is 11.6 Å². The van der Waals surface area contributed by atoms with Crippen LogP contribution < -0.4 is 5.43 Å². The van der Waals surface area contributed by atoms with Crippen molar-refractivity contribution in [3.8, 4) is 0 Å². The van der Waals surface area contributed by atoms with Gasteiger partial charge in [0.05, 0.1) is 5.22 Å². The van der Waals surface area contributed by atoms with Gasteiger partial charge >= 0.3 is 0 Å². The first kappa shape index (κ1) is 11.4. The Bertz CT molecular complexity index is 511. The highest BCUT2D eigenvalue weighted by Crippen LogP contribution is 2.14. The molecule has 0 bridgehead atoms. The molecule has 0 radical (unpaired) electrons. The maximum Gasteiger partial charge on any atom is 0.154 e. The van der Waals surface area contributed by atoms with Gasteiger partial charge in [0.1, 0.15) is 5.69 Å². The first-order chi connectivity index (χ1) is 8.25. The fourth-order valence-electron chi connectivity index (χ4n) is 1.24. The van der Waals surface area contributed by atoms with Crippen LogP contribution in [0.25, 0.3) is 0 Å². The Hall–Kier alpha value is -2.07. The third-order valence-electron chi connectivity index (χ3n) is 2.09. The lowest BCUT2D eigenvalue weighted by atomic mass is 10.3. The maximum atomic E-state index is 11.5. The number of anilines is 1. The number of halogens is 1. The molecule has 2 aromatic rings. The second-order valence-electron chi connectivity index (χ2n) is 3.33. The molecule has 4 nitrogen and oxygen atoms in total. The molecule has 0 unspecified atom stereocenters. The average Bonchev–Trinajstić information content (AvgIpc) is 2.39. The van der Waals surface area contributed by atoms with Gasteiger partial charge in [-0.05, 0) is 36.4 Å². The van der Waals surface area contributed by atoms with Crippen molar-refractivity contribution in [2.24, 2.45) is 5.22 Å². The van der Waals surface area contributed by atoms with Gasteiger partial charge in [0.25, 0.3) is 0 Å². The molecule has 0 amide bonds. The Kier molecular flexibility index (Phi) is 3.57. The number of rotatable bonds is 3. The van der Waals surface area contributed by atoms with Crippen molar-refractivity contribution in [3.63, 3.8) is 0 Å². The number of nitrogens with one attached hydrogen (secondary N) is 1. The minimum absolute atomic E-state index is 0.467. The SMILES string of the molecule is [O-]/[N+](=N/Nc1ccc(Cl)cc1)c1ccccc1. The van der Waals surface area contributed by atoms with E-state index in [0.717, 1.165) is 0 Å². The van der Waals surface area contributed by atoms with Crippen molar-refractivity contribution in [2.45, 2.75) is 0 Å². The molecule has 2 aromatic carbocycles. The molecule has 17 heavy (non-hydrogen) atoms. The molecule has 0 atom stereocenters. The largest absolute Gasteiger partial charge is 0.691 e. The monoisotopic (exact) mass is 247 g/mol. The average molecular weight is 248 g/mol. The number of nitrogens with zero attached hydrogens (tertiary/aromatic N) is 2. The number of hydrogen-bond acceptors (Lipinski definition) is 2. The van der Waals surface area contributed by atoms with Crippen LogP contribution >= 0.6 is 11.6 Å². The van der Waals surface area contributed by atoms with Gasteiger partial charge in [0.15, 0.2) is 5.69 Å². The Labute approximate surface area is 104 Å². The van der Waals surface area contributed by atoms with E-state index in [1.54, 1.807) is 48.5 Å². The van der Waals surface area contributed by atoms with E-state index < -0.39 is 0 Å². The lowest BCUT2D eigenvalue weighted by molar-refractivity contribution is -0.439. The predicted octanol–water partition coefficient (Wildman–Crippen LogP) is 3.96. The molecule has 0 saturated carbocycles. The molecule has 0 heterocycles. The van der Waals surface area contributed by atoms with Crippen LogP contribution in [-0.2, 0) is 0 Å². The van der Waals surface area contributed by atoms with E-state index in [0.29, 0.717) is 21.3 Å². The van der Waals surface area contributed by atoms with Gasteiger partial charge in [-0.25, -0.2) is 0 Å². The van der Waals surface area contributed by atoms with Crippen LogP contribution in [0.3, 0.4) is 0 Å². The van der Waals surface area contributed by atoms with Crippen LogP contribution in [0.2, 0.25) is 5.02 Å². The molecule has 86 valence electrons. The van der Waals surface area contributed by atoms with Crippen LogP contribution in [0.1, 0.15) is 0 Å². The van der Waals surface area contributed by atoms with Gasteiger partial charge in [0.2, 0.25) is 0 Å². The lowest BCUT2D eigenvalue weighted by Gasteiger charge is -2.04. The summed E-state index contributed by atoms with van der Waals surface area (Å²) in [6, 6.07) is 15.7. The molecule has 0 aliphatic heterocycles. The Morgan fingerprint density at radius 3 is 2.29 bits per heavy atom. The molecule has 0 aliphatic rings. The van der Waals surface area contributed by atoms with Gasteiger partial charge in [-0.15, -0.1) is 10.3 Å². The molecule has 0 fully saturated rings. The summed E-state index contributed by atoms with van der Waals surface area (Å²) >= 11 is 5.74. The number of para-hydroxylation sites is 1. The van der Waals surface area contributed by atoms with E-state index in [2.05, 4.69) is 10.6 Å². The van der Waals surface area contributed by atoms with Crippen molar-refractivity contribution < 1.29 is 4.86 Å². The maximum absolute atomic E-state index is 11.5. The standard InChI is InChI=1S/C12H10ClN3O/c13-10-6-8-11(9-7-10)14-15-16(17)12-4-2-1-3-5-12/h1-9,14H/b16-15+. The summed E-state index contributed by atoms with van der Waals surface area (Å²) in [6.45, 7) is 0. The van der Waals surface area contributed by atoms with Crippen LogP contribution in [0.15, 0.2) is 59.8 Å². The third kappa shape index (κ3) is 3.19. The molecule has 0 saturated heterocycles. The molecule has 0 spiro atoms. The van der Waals surface area contributed by atoms with Crippen LogP contribution in [0, 0.1) is 5.21 Å². The van der Waals surface area contributed by atoms with Gasteiger partial charge in [-0.3, -0.25) is 0 Å². The topological polar surface area (TPSA) is 50.5 Å². The van der Waals surface area contributed by atoms with Crippen molar-refractivity contribution in [1.82, 2.24) is 0 Å². The summed E-state index contributed by atoms with van der Waals surface area (Å²) in [7, 11) is 0. The third-order valence-corrected chi connectivity index (χ3v) is 2.34. The quantitative estimate of drug-likeness (QED) is 0.507. The summed E-state index contributed by atoms with van der Waals surface area (Å²) in [5.41, 5.74) is 3.82. The van der Waals surface area contributed by atoms with Gasteiger partial charge < -0.3 is 5.21 Å². The zero-order chi connectivity index (χ0) is 12.1. The minimum Gasteiger partial charge on any atom is -0.691 e. The van der Waals surface area contributed by atoms with Crippen molar-refractivity contribution in [1.29, 1.82) is 0 Å². The van der Waals surface area contributed by atoms with Crippen molar-refractivity contribution in [2.75, 3.05) is 5.43 Å². The van der Waals surface area contributed by atoms with Crippen molar-refractivity contribution >= 4 is 23.0 Å². The van der Waals surface area contributed by atoms with Gasteiger partial charge in [-0.2, -0.15) is 0 Å². The summed E-state index contributed by atoms with van der Waals surface area (Å²) in [5, 5.41) is 15.9. The van der Waals surface area contributed by atoms with Gasteiger partial charge in [0, 0.05) is 5.02 Å². The first-order valence-electron chi connectivity index (χ1n) is 5.00.